The number of halogens is 1. The maximum Gasteiger partial charge on any atom is 0.251 e. The van der Waals surface area contributed by atoms with Crippen LogP contribution in [0.25, 0.3) is 11.1 Å². The van der Waals surface area contributed by atoms with E-state index in [4.69, 9.17) is 0 Å². The summed E-state index contributed by atoms with van der Waals surface area (Å²) in [6.45, 7) is 3.83. The predicted octanol–water partition coefficient (Wildman–Crippen LogP) is 4.05. The number of hydrogen-bond acceptors (Lipinski definition) is 3. The van der Waals surface area contributed by atoms with E-state index in [9.17, 15) is 14.0 Å². The van der Waals surface area contributed by atoms with Gasteiger partial charge in [-0.1, -0.05) is 30.3 Å². The van der Waals surface area contributed by atoms with Gasteiger partial charge >= 0.3 is 0 Å². The molecule has 4 nitrogen and oxygen atoms in total. The average molecular weight is 376 g/mol. The highest BCUT2D eigenvalue weighted by molar-refractivity contribution is 5.97. The van der Waals surface area contributed by atoms with Gasteiger partial charge < -0.3 is 5.32 Å². The zero-order valence-corrected chi connectivity index (χ0v) is 15.8. The van der Waals surface area contributed by atoms with Gasteiger partial charge in [-0.3, -0.25) is 14.6 Å². The normalized spacial score (nSPS) is 10.5. The lowest BCUT2D eigenvalue weighted by Crippen LogP contribution is -2.30. The number of carbonyl (C=O) groups excluding carboxylic acids is 2. The molecule has 1 N–H and O–H groups in total. The van der Waals surface area contributed by atoms with Crippen LogP contribution in [0.4, 0.5) is 4.39 Å². The first-order valence-corrected chi connectivity index (χ1v) is 9.01. The molecule has 1 heterocycles. The molecule has 0 saturated heterocycles. The fourth-order valence-electron chi connectivity index (χ4n) is 2.97. The molecule has 0 aliphatic carbocycles. The van der Waals surface area contributed by atoms with Crippen molar-refractivity contribution in [1.82, 2.24) is 10.3 Å². The smallest absolute Gasteiger partial charge is 0.251 e. The van der Waals surface area contributed by atoms with Gasteiger partial charge in [-0.25, -0.2) is 4.39 Å². The predicted molar refractivity (Wildman–Crippen MR) is 107 cm³/mol. The van der Waals surface area contributed by atoms with E-state index in [1.165, 1.54) is 12.1 Å². The Labute approximate surface area is 163 Å². The summed E-state index contributed by atoms with van der Waals surface area (Å²) in [5.41, 5.74) is 5.09. The summed E-state index contributed by atoms with van der Waals surface area (Å²) in [6.07, 6.45) is 0.152. The molecule has 3 aromatic rings. The molecular weight excluding hydrogens is 355 g/mol. The highest BCUT2D eigenvalue weighted by Gasteiger charge is 2.10. The van der Waals surface area contributed by atoms with E-state index in [1.54, 1.807) is 24.3 Å². The molecule has 1 aromatic heterocycles. The first kappa shape index (κ1) is 19.4. The van der Waals surface area contributed by atoms with Crippen LogP contribution >= 0.6 is 0 Å². The number of pyridine rings is 1. The lowest BCUT2D eigenvalue weighted by atomic mass is 10.0. The van der Waals surface area contributed by atoms with Crippen molar-refractivity contribution in [1.29, 1.82) is 0 Å². The van der Waals surface area contributed by atoms with Crippen molar-refractivity contribution in [3.63, 3.8) is 0 Å². The topological polar surface area (TPSA) is 59.1 Å². The van der Waals surface area contributed by atoms with E-state index in [0.717, 1.165) is 22.5 Å². The number of aromatic nitrogens is 1. The van der Waals surface area contributed by atoms with Crippen LogP contribution in [0.15, 0.2) is 60.7 Å². The van der Waals surface area contributed by atoms with Gasteiger partial charge in [0.15, 0.2) is 5.78 Å². The second-order valence-corrected chi connectivity index (χ2v) is 6.69. The van der Waals surface area contributed by atoms with Crippen molar-refractivity contribution in [3.05, 3.63) is 89.0 Å². The molecule has 5 heteroatoms. The summed E-state index contributed by atoms with van der Waals surface area (Å²) >= 11 is 0. The molecule has 142 valence electrons. The van der Waals surface area contributed by atoms with E-state index in [1.807, 2.05) is 38.1 Å². The molecule has 0 radical (unpaired) electrons. The molecule has 0 bridgehead atoms. The van der Waals surface area contributed by atoms with Crippen LogP contribution < -0.4 is 5.32 Å². The third kappa shape index (κ3) is 4.88. The third-order valence-corrected chi connectivity index (χ3v) is 4.44. The van der Waals surface area contributed by atoms with Gasteiger partial charge in [-0.15, -0.1) is 0 Å². The second-order valence-electron chi connectivity index (χ2n) is 6.69. The number of benzene rings is 2. The van der Waals surface area contributed by atoms with Crippen LogP contribution in [-0.2, 0) is 11.2 Å². The Morgan fingerprint density at radius 3 is 2.25 bits per heavy atom. The highest BCUT2D eigenvalue weighted by atomic mass is 19.1. The van der Waals surface area contributed by atoms with E-state index >= 15 is 0 Å². The Hall–Kier alpha value is -3.34. The van der Waals surface area contributed by atoms with E-state index in [0.29, 0.717) is 11.1 Å². The largest absolute Gasteiger partial charge is 0.345 e. The molecule has 28 heavy (non-hydrogen) atoms. The van der Waals surface area contributed by atoms with E-state index in [2.05, 4.69) is 10.3 Å². The molecule has 0 fully saturated rings. The minimum absolute atomic E-state index is 0.0705. The van der Waals surface area contributed by atoms with Crippen LogP contribution in [0, 0.1) is 19.7 Å². The lowest BCUT2D eigenvalue weighted by molar-refractivity contribution is -0.117. The first-order valence-electron chi connectivity index (χ1n) is 9.01. The zero-order valence-electron chi connectivity index (χ0n) is 15.8. The number of amides is 1. The van der Waals surface area contributed by atoms with Crippen LogP contribution in [0.2, 0.25) is 0 Å². The molecule has 1 amide bonds. The van der Waals surface area contributed by atoms with Crippen LogP contribution in [0.1, 0.15) is 27.3 Å². The standard InChI is InChI=1S/C23H21FN2O2/c1-15-3-12-22(16(2)26-15)18-6-8-19(9-7-18)23(28)25-14-21(27)13-17-4-10-20(24)11-5-17/h3-12H,13-14H2,1-2H3,(H,25,28). The van der Waals surface area contributed by atoms with Crippen molar-refractivity contribution < 1.29 is 14.0 Å². The number of Topliss-reactive ketones (excluding diaryl/α,β-unsaturated/α-hetero) is 1. The number of rotatable bonds is 6. The maximum absolute atomic E-state index is 12.9. The van der Waals surface area contributed by atoms with Gasteiger partial charge in [0, 0.05) is 28.9 Å². The monoisotopic (exact) mass is 376 g/mol. The lowest BCUT2D eigenvalue weighted by Gasteiger charge is -2.08. The molecule has 3 rings (SSSR count). The minimum Gasteiger partial charge on any atom is -0.345 e. The van der Waals surface area contributed by atoms with Crippen molar-refractivity contribution >= 4 is 11.7 Å². The summed E-state index contributed by atoms with van der Waals surface area (Å²) in [5.74, 6) is -0.791. The van der Waals surface area contributed by atoms with Crippen molar-refractivity contribution in [3.8, 4) is 11.1 Å². The number of nitrogens with zero attached hydrogens (tertiary/aromatic N) is 1. The minimum atomic E-state index is -0.343. The average Bonchev–Trinajstić information content (AvgIpc) is 2.68. The molecule has 0 saturated carbocycles. The fraction of sp³-hybridized carbons (Fsp3) is 0.174. The number of hydrogen-bond donors (Lipinski definition) is 1. The zero-order chi connectivity index (χ0) is 20.1. The fourth-order valence-corrected chi connectivity index (χ4v) is 2.97. The number of nitrogens with one attached hydrogen (secondary N) is 1. The van der Waals surface area contributed by atoms with Gasteiger partial charge in [0.1, 0.15) is 5.82 Å². The number of ketones is 1. The van der Waals surface area contributed by atoms with Gasteiger partial charge in [-0.2, -0.15) is 0 Å². The van der Waals surface area contributed by atoms with E-state index in [-0.39, 0.29) is 30.5 Å². The second kappa shape index (κ2) is 8.57. The molecule has 0 spiro atoms. The quantitative estimate of drug-likeness (QED) is 0.706. The Kier molecular flexibility index (Phi) is 5.94. The molecule has 2 aromatic carbocycles. The summed E-state index contributed by atoms with van der Waals surface area (Å²) in [7, 11) is 0. The molecule has 0 aliphatic heterocycles. The van der Waals surface area contributed by atoms with Gasteiger partial charge in [-0.05, 0) is 55.3 Å². The maximum atomic E-state index is 12.9. The number of carbonyl (C=O) groups is 2. The Balaban J connectivity index is 1.58. The highest BCUT2D eigenvalue weighted by Crippen LogP contribution is 2.22. The van der Waals surface area contributed by atoms with Gasteiger partial charge in [0.05, 0.1) is 6.54 Å². The Morgan fingerprint density at radius 1 is 0.929 bits per heavy atom. The summed E-state index contributed by atoms with van der Waals surface area (Å²) in [6, 6.07) is 16.9. The van der Waals surface area contributed by atoms with Crippen LogP contribution in [0.5, 0.6) is 0 Å². The summed E-state index contributed by atoms with van der Waals surface area (Å²) < 4.78 is 12.9. The van der Waals surface area contributed by atoms with Crippen molar-refractivity contribution in [2.45, 2.75) is 20.3 Å². The van der Waals surface area contributed by atoms with Crippen LogP contribution in [-0.4, -0.2) is 23.2 Å². The van der Waals surface area contributed by atoms with Gasteiger partial charge in [0.25, 0.3) is 5.91 Å². The van der Waals surface area contributed by atoms with Gasteiger partial charge in [0.2, 0.25) is 0 Å². The van der Waals surface area contributed by atoms with Crippen molar-refractivity contribution in [2.75, 3.05) is 6.54 Å². The SMILES string of the molecule is Cc1ccc(-c2ccc(C(=O)NCC(=O)Cc3ccc(F)cc3)cc2)c(C)n1. The molecule has 0 unspecified atom stereocenters. The summed E-state index contributed by atoms with van der Waals surface area (Å²) in [4.78, 5) is 28.8. The van der Waals surface area contributed by atoms with Crippen LogP contribution in [0.3, 0.4) is 0 Å². The van der Waals surface area contributed by atoms with E-state index < -0.39 is 0 Å². The molecular formula is C23H21FN2O2. The Bertz CT molecular complexity index is 996. The Morgan fingerprint density at radius 2 is 1.61 bits per heavy atom. The molecule has 0 atom stereocenters. The third-order valence-electron chi connectivity index (χ3n) is 4.44. The molecule has 0 aliphatic rings. The summed E-state index contributed by atoms with van der Waals surface area (Å²) in [5, 5.41) is 2.63. The first-order chi connectivity index (χ1) is 13.4. The number of aryl methyl sites for hydroxylation is 2. The van der Waals surface area contributed by atoms with Crippen molar-refractivity contribution in [2.24, 2.45) is 0 Å².